The molecule has 0 fully saturated rings. The number of aliphatic carboxylic acids is 1. The van der Waals surface area contributed by atoms with Gasteiger partial charge in [-0.2, -0.15) is 0 Å². The SMILES string of the molecule is Cc1cc(CCC(=O)O)c2c(F)ccc(F)c2n1. The monoisotopic (exact) mass is 251 g/mol. The molecule has 1 heterocycles. The van der Waals surface area contributed by atoms with Gasteiger partial charge in [0.05, 0.1) is 0 Å². The van der Waals surface area contributed by atoms with Gasteiger partial charge in [0, 0.05) is 17.5 Å². The van der Waals surface area contributed by atoms with Gasteiger partial charge in [0.25, 0.3) is 0 Å². The highest BCUT2D eigenvalue weighted by atomic mass is 19.1. The Morgan fingerprint density at radius 2 is 2.00 bits per heavy atom. The van der Waals surface area contributed by atoms with E-state index in [9.17, 15) is 13.6 Å². The second kappa shape index (κ2) is 4.68. The first-order valence-corrected chi connectivity index (χ1v) is 5.45. The highest BCUT2D eigenvalue weighted by Crippen LogP contribution is 2.25. The van der Waals surface area contributed by atoms with Crippen LogP contribution in [-0.4, -0.2) is 16.1 Å². The fourth-order valence-electron chi connectivity index (χ4n) is 1.93. The van der Waals surface area contributed by atoms with Crippen LogP contribution in [0, 0.1) is 18.6 Å². The van der Waals surface area contributed by atoms with E-state index in [1.54, 1.807) is 13.0 Å². The van der Waals surface area contributed by atoms with Crippen molar-refractivity contribution >= 4 is 16.9 Å². The molecule has 0 unspecified atom stereocenters. The van der Waals surface area contributed by atoms with Crippen LogP contribution in [-0.2, 0) is 11.2 Å². The third-order valence-electron chi connectivity index (χ3n) is 2.68. The maximum atomic E-state index is 13.7. The Morgan fingerprint density at radius 3 is 2.67 bits per heavy atom. The van der Waals surface area contributed by atoms with Gasteiger partial charge in [0.15, 0.2) is 0 Å². The van der Waals surface area contributed by atoms with Crippen LogP contribution in [0.2, 0.25) is 0 Å². The highest BCUT2D eigenvalue weighted by molar-refractivity contribution is 5.84. The predicted octanol–water partition coefficient (Wildman–Crippen LogP) is 2.84. The number of carboxylic acid groups (broad SMARTS) is 1. The molecule has 0 atom stereocenters. The van der Waals surface area contributed by atoms with Gasteiger partial charge in [-0.1, -0.05) is 0 Å². The fraction of sp³-hybridized carbons (Fsp3) is 0.231. The number of hydrogen-bond acceptors (Lipinski definition) is 2. The largest absolute Gasteiger partial charge is 0.481 e. The Kier molecular flexibility index (Phi) is 3.23. The number of benzene rings is 1. The standard InChI is InChI=1S/C13H11F2NO2/c1-7-6-8(2-5-11(17)18)12-9(14)3-4-10(15)13(12)16-7/h3-4,6H,2,5H2,1H3,(H,17,18). The first-order chi connectivity index (χ1) is 8.49. The number of hydrogen-bond donors (Lipinski definition) is 1. The summed E-state index contributed by atoms with van der Waals surface area (Å²) in [6.07, 6.45) is 0.0179. The Morgan fingerprint density at radius 1 is 1.33 bits per heavy atom. The molecule has 0 amide bonds. The first kappa shape index (κ1) is 12.4. The Balaban J connectivity index is 2.64. The number of carbonyl (C=O) groups is 1. The molecular weight excluding hydrogens is 240 g/mol. The predicted molar refractivity (Wildman–Crippen MR) is 62.4 cm³/mol. The van der Waals surface area contributed by atoms with Gasteiger partial charge in [0.1, 0.15) is 17.2 Å². The second-order valence-corrected chi connectivity index (χ2v) is 4.07. The molecule has 0 aliphatic carbocycles. The van der Waals surface area contributed by atoms with E-state index >= 15 is 0 Å². The van der Waals surface area contributed by atoms with Crippen molar-refractivity contribution in [1.82, 2.24) is 4.98 Å². The summed E-state index contributed by atoms with van der Waals surface area (Å²) in [5.41, 5.74) is 0.958. The van der Waals surface area contributed by atoms with Crippen molar-refractivity contribution in [2.24, 2.45) is 0 Å². The minimum atomic E-state index is -0.977. The zero-order valence-electron chi connectivity index (χ0n) is 9.70. The smallest absolute Gasteiger partial charge is 0.303 e. The van der Waals surface area contributed by atoms with Crippen molar-refractivity contribution in [3.63, 3.8) is 0 Å². The first-order valence-electron chi connectivity index (χ1n) is 5.45. The van der Waals surface area contributed by atoms with Crippen LogP contribution in [0.1, 0.15) is 17.7 Å². The molecule has 18 heavy (non-hydrogen) atoms. The maximum absolute atomic E-state index is 13.7. The summed E-state index contributed by atoms with van der Waals surface area (Å²) in [4.78, 5) is 14.5. The fourth-order valence-corrected chi connectivity index (χ4v) is 1.93. The van der Waals surface area contributed by atoms with E-state index in [2.05, 4.69) is 4.98 Å². The van der Waals surface area contributed by atoms with Crippen molar-refractivity contribution in [3.05, 3.63) is 41.1 Å². The minimum absolute atomic E-state index is 0.0459. The molecule has 0 aliphatic heterocycles. The average Bonchev–Trinajstić information content (AvgIpc) is 2.30. The number of fused-ring (bicyclic) bond motifs is 1. The number of aryl methyl sites for hydroxylation is 2. The molecule has 0 bridgehead atoms. The van der Waals surface area contributed by atoms with Crippen molar-refractivity contribution in [2.75, 3.05) is 0 Å². The molecule has 0 spiro atoms. The second-order valence-electron chi connectivity index (χ2n) is 4.07. The molecule has 0 aliphatic rings. The summed E-state index contributed by atoms with van der Waals surface area (Å²) in [6, 6.07) is 3.64. The quantitative estimate of drug-likeness (QED) is 0.912. The Labute approximate surface area is 102 Å². The van der Waals surface area contributed by atoms with Crippen LogP contribution in [0.3, 0.4) is 0 Å². The van der Waals surface area contributed by atoms with E-state index in [4.69, 9.17) is 5.11 Å². The zero-order valence-corrected chi connectivity index (χ0v) is 9.70. The van der Waals surface area contributed by atoms with Gasteiger partial charge < -0.3 is 5.11 Å². The molecule has 0 saturated carbocycles. The lowest BCUT2D eigenvalue weighted by Crippen LogP contribution is -2.01. The van der Waals surface area contributed by atoms with Crippen LogP contribution < -0.4 is 0 Å². The van der Waals surface area contributed by atoms with E-state index in [1.807, 2.05) is 0 Å². The topological polar surface area (TPSA) is 50.2 Å². The third kappa shape index (κ3) is 2.30. The van der Waals surface area contributed by atoms with Crippen molar-refractivity contribution in [2.45, 2.75) is 19.8 Å². The van der Waals surface area contributed by atoms with Gasteiger partial charge >= 0.3 is 5.97 Å². The molecule has 94 valence electrons. The normalized spacial score (nSPS) is 10.8. The molecule has 2 aromatic rings. The van der Waals surface area contributed by atoms with Crippen molar-refractivity contribution < 1.29 is 18.7 Å². The van der Waals surface area contributed by atoms with Crippen LogP contribution in [0.25, 0.3) is 10.9 Å². The summed E-state index contributed by atoms with van der Waals surface area (Å²) in [5.74, 6) is -2.17. The van der Waals surface area contributed by atoms with Crippen LogP contribution in [0.4, 0.5) is 8.78 Å². The van der Waals surface area contributed by atoms with E-state index in [-0.39, 0.29) is 23.7 Å². The van der Waals surface area contributed by atoms with Gasteiger partial charge in [0.2, 0.25) is 0 Å². The molecule has 3 nitrogen and oxygen atoms in total. The number of carboxylic acids is 1. The van der Waals surface area contributed by atoms with Gasteiger partial charge in [-0.25, -0.2) is 13.8 Å². The molecular formula is C13H11F2NO2. The number of halogens is 2. The van der Waals surface area contributed by atoms with E-state index in [0.29, 0.717) is 11.3 Å². The third-order valence-corrected chi connectivity index (χ3v) is 2.68. The van der Waals surface area contributed by atoms with Crippen molar-refractivity contribution in [3.8, 4) is 0 Å². The van der Waals surface area contributed by atoms with E-state index in [0.717, 1.165) is 12.1 Å². The Hall–Kier alpha value is -2.04. The number of pyridine rings is 1. The molecule has 0 saturated heterocycles. The molecule has 2 rings (SSSR count). The minimum Gasteiger partial charge on any atom is -0.481 e. The van der Waals surface area contributed by atoms with Crippen LogP contribution >= 0.6 is 0 Å². The van der Waals surface area contributed by atoms with Gasteiger partial charge in [-0.05, 0) is 37.1 Å². The molecule has 1 aromatic carbocycles. The zero-order chi connectivity index (χ0) is 13.3. The summed E-state index contributed by atoms with van der Waals surface area (Å²) in [5, 5.41) is 8.73. The van der Waals surface area contributed by atoms with Crippen LogP contribution in [0.5, 0.6) is 0 Å². The van der Waals surface area contributed by atoms with Crippen LogP contribution in [0.15, 0.2) is 18.2 Å². The molecule has 1 N–H and O–H groups in total. The maximum Gasteiger partial charge on any atom is 0.303 e. The highest BCUT2D eigenvalue weighted by Gasteiger charge is 2.13. The van der Waals surface area contributed by atoms with E-state index in [1.165, 1.54) is 0 Å². The lowest BCUT2D eigenvalue weighted by atomic mass is 10.0. The Bertz CT molecular complexity index is 626. The summed E-state index contributed by atoms with van der Waals surface area (Å²) in [6.45, 7) is 1.66. The summed E-state index contributed by atoms with van der Waals surface area (Å²) >= 11 is 0. The number of nitrogens with zero attached hydrogens (tertiary/aromatic N) is 1. The van der Waals surface area contributed by atoms with Gasteiger partial charge in [-0.3, -0.25) is 4.79 Å². The summed E-state index contributed by atoms with van der Waals surface area (Å²) < 4.78 is 27.3. The van der Waals surface area contributed by atoms with E-state index < -0.39 is 17.6 Å². The molecule has 5 heteroatoms. The summed E-state index contributed by atoms with van der Waals surface area (Å²) in [7, 11) is 0. The van der Waals surface area contributed by atoms with Crippen molar-refractivity contribution in [1.29, 1.82) is 0 Å². The number of aromatic nitrogens is 1. The molecule has 1 aromatic heterocycles. The lowest BCUT2D eigenvalue weighted by molar-refractivity contribution is -0.136. The number of rotatable bonds is 3. The molecule has 0 radical (unpaired) electrons. The average molecular weight is 251 g/mol. The van der Waals surface area contributed by atoms with Gasteiger partial charge in [-0.15, -0.1) is 0 Å². The lowest BCUT2D eigenvalue weighted by Gasteiger charge is -2.08.